The quantitative estimate of drug-likeness (QED) is 0.721. The summed E-state index contributed by atoms with van der Waals surface area (Å²) in [7, 11) is 0. The summed E-state index contributed by atoms with van der Waals surface area (Å²) in [5, 5.41) is 9.85. The Morgan fingerprint density at radius 3 is 2.57 bits per heavy atom. The Morgan fingerprint density at radius 2 is 1.93 bits per heavy atom. The van der Waals surface area contributed by atoms with Gasteiger partial charge in [0.2, 0.25) is 0 Å². The second kappa shape index (κ2) is 5.01. The third kappa shape index (κ3) is 2.48. The molecule has 0 saturated heterocycles. The van der Waals surface area contributed by atoms with Crippen LogP contribution < -0.4 is 5.73 Å². The highest BCUT2D eigenvalue weighted by molar-refractivity contribution is 5.44. The number of aryl methyl sites for hydroxylation is 2. The molecule has 3 N–H and O–H groups in total. The summed E-state index contributed by atoms with van der Waals surface area (Å²) < 4.78 is 0. The van der Waals surface area contributed by atoms with Crippen molar-refractivity contribution in [2.75, 3.05) is 6.54 Å². The topological polar surface area (TPSA) is 46.2 Å². The van der Waals surface area contributed by atoms with Crippen LogP contribution in [-0.4, -0.2) is 11.7 Å². The molecule has 0 bridgehead atoms. The standard InChI is InChI=1S/C12H19NO/c1-9-6-7-11(5-3-4-8-13)12(14)10(9)2/h6-7,14H,3-5,8,13H2,1-2H3. The maximum absolute atomic E-state index is 9.85. The van der Waals surface area contributed by atoms with Crippen LogP contribution >= 0.6 is 0 Å². The number of phenols is 1. The summed E-state index contributed by atoms with van der Waals surface area (Å²) in [6, 6.07) is 4.07. The van der Waals surface area contributed by atoms with Crippen LogP contribution in [0.1, 0.15) is 29.5 Å². The highest BCUT2D eigenvalue weighted by Gasteiger charge is 2.05. The normalized spacial score (nSPS) is 10.5. The van der Waals surface area contributed by atoms with E-state index in [0.29, 0.717) is 5.75 Å². The van der Waals surface area contributed by atoms with Crippen molar-refractivity contribution in [1.82, 2.24) is 0 Å². The van der Waals surface area contributed by atoms with Crippen molar-refractivity contribution in [3.05, 3.63) is 28.8 Å². The minimum Gasteiger partial charge on any atom is -0.507 e. The third-order valence-corrected chi connectivity index (χ3v) is 2.69. The predicted octanol–water partition coefficient (Wildman–Crippen LogP) is 2.29. The number of aromatic hydroxyl groups is 1. The molecule has 0 atom stereocenters. The van der Waals surface area contributed by atoms with Crippen LogP contribution in [0.25, 0.3) is 0 Å². The maximum Gasteiger partial charge on any atom is 0.121 e. The molecule has 0 fully saturated rings. The average molecular weight is 193 g/mol. The van der Waals surface area contributed by atoms with Gasteiger partial charge in [0.25, 0.3) is 0 Å². The molecule has 0 aliphatic carbocycles. The number of unbranched alkanes of at least 4 members (excludes halogenated alkanes) is 1. The van der Waals surface area contributed by atoms with Gasteiger partial charge in [0, 0.05) is 0 Å². The second-order valence-corrected chi connectivity index (χ2v) is 3.76. The molecule has 0 radical (unpaired) electrons. The van der Waals surface area contributed by atoms with E-state index in [1.54, 1.807) is 0 Å². The van der Waals surface area contributed by atoms with Crippen molar-refractivity contribution in [3.63, 3.8) is 0 Å². The Bertz CT molecular complexity index is 307. The van der Waals surface area contributed by atoms with Crippen molar-refractivity contribution in [3.8, 4) is 5.75 Å². The lowest BCUT2D eigenvalue weighted by atomic mass is 10.0. The molecule has 1 aromatic carbocycles. The van der Waals surface area contributed by atoms with Gasteiger partial charge in [-0.15, -0.1) is 0 Å². The largest absolute Gasteiger partial charge is 0.507 e. The number of rotatable bonds is 4. The molecule has 1 rings (SSSR count). The van der Waals surface area contributed by atoms with Crippen LogP contribution in [0, 0.1) is 13.8 Å². The first-order valence-corrected chi connectivity index (χ1v) is 5.15. The van der Waals surface area contributed by atoms with Gasteiger partial charge >= 0.3 is 0 Å². The first kappa shape index (κ1) is 11.1. The van der Waals surface area contributed by atoms with E-state index in [9.17, 15) is 5.11 Å². The fourth-order valence-electron chi connectivity index (χ4n) is 1.52. The Kier molecular flexibility index (Phi) is 3.96. The summed E-state index contributed by atoms with van der Waals surface area (Å²) >= 11 is 0. The molecule has 0 aliphatic heterocycles. The van der Waals surface area contributed by atoms with Crippen molar-refractivity contribution in [2.24, 2.45) is 5.73 Å². The van der Waals surface area contributed by atoms with Crippen molar-refractivity contribution < 1.29 is 5.11 Å². The number of hydrogen-bond acceptors (Lipinski definition) is 2. The van der Waals surface area contributed by atoms with Crippen LogP contribution in [0.5, 0.6) is 5.75 Å². The lowest BCUT2D eigenvalue weighted by Gasteiger charge is -2.09. The zero-order valence-electron chi connectivity index (χ0n) is 9.01. The van der Waals surface area contributed by atoms with E-state index < -0.39 is 0 Å². The predicted molar refractivity (Wildman–Crippen MR) is 59.6 cm³/mol. The van der Waals surface area contributed by atoms with E-state index in [2.05, 4.69) is 6.07 Å². The Morgan fingerprint density at radius 1 is 1.21 bits per heavy atom. The number of hydrogen-bond donors (Lipinski definition) is 2. The van der Waals surface area contributed by atoms with Gasteiger partial charge in [-0.2, -0.15) is 0 Å². The van der Waals surface area contributed by atoms with E-state index in [1.165, 1.54) is 0 Å². The van der Waals surface area contributed by atoms with E-state index in [1.807, 2.05) is 19.9 Å². The zero-order valence-corrected chi connectivity index (χ0v) is 9.01. The smallest absolute Gasteiger partial charge is 0.121 e. The lowest BCUT2D eigenvalue weighted by molar-refractivity contribution is 0.462. The molecule has 14 heavy (non-hydrogen) atoms. The van der Waals surface area contributed by atoms with Crippen LogP contribution in [-0.2, 0) is 6.42 Å². The van der Waals surface area contributed by atoms with E-state index in [4.69, 9.17) is 5.73 Å². The van der Waals surface area contributed by atoms with Crippen molar-refractivity contribution in [2.45, 2.75) is 33.1 Å². The summed E-state index contributed by atoms with van der Waals surface area (Å²) in [6.45, 7) is 4.70. The van der Waals surface area contributed by atoms with Gasteiger partial charge < -0.3 is 10.8 Å². The molecule has 2 nitrogen and oxygen atoms in total. The molecular formula is C12H19NO. The Labute approximate surface area is 85.8 Å². The monoisotopic (exact) mass is 193 g/mol. The molecule has 0 saturated carbocycles. The number of nitrogens with two attached hydrogens (primary N) is 1. The molecule has 1 aromatic rings. The highest BCUT2D eigenvalue weighted by atomic mass is 16.3. The highest BCUT2D eigenvalue weighted by Crippen LogP contribution is 2.25. The lowest BCUT2D eigenvalue weighted by Crippen LogP contribution is -1.99. The minimum atomic E-state index is 0.460. The van der Waals surface area contributed by atoms with Gasteiger partial charge in [-0.3, -0.25) is 0 Å². The molecule has 78 valence electrons. The van der Waals surface area contributed by atoms with Gasteiger partial charge in [0.15, 0.2) is 0 Å². The van der Waals surface area contributed by atoms with E-state index >= 15 is 0 Å². The fraction of sp³-hybridized carbons (Fsp3) is 0.500. The molecule has 0 aliphatic rings. The van der Waals surface area contributed by atoms with Gasteiger partial charge in [0.1, 0.15) is 5.75 Å². The maximum atomic E-state index is 9.85. The summed E-state index contributed by atoms with van der Waals surface area (Å²) in [4.78, 5) is 0. The summed E-state index contributed by atoms with van der Waals surface area (Å²) in [5.74, 6) is 0.460. The molecule has 0 aromatic heterocycles. The van der Waals surface area contributed by atoms with Crippen LogP contribution in [0.4, 0.5) is 0 Å². The number of phenolic OH excluding ortho intramolecular Hbond substituents is 1. The summed E-state index contributed by atoms with van der Waals surface area (Å²) in [6.07, 6.45) is 2.99. The average Bonchev–Trinajstić information content (AvgIpc) is 2.18. The van der Waals surface area contributed by atoms with Crippen molar-refractivity contribution >= 4 is 0 Å². The van der Waals surface area contributed by atoms with Gasteiger partial charge in [0.05, 0.1) is 0 Å². The van der Waals surface area contributed by atoms with Gasteiger partial charge in [-0.05, 0) is 56.3 Å². The van der Waals surface area contributed by atoms with Crippen LogP contribution in [0.15, 0.2) is 12.1 Å². The molecular weight excluding hydrogens is 174 g/mol. The first-order chi connectivity index (χ1) is 6.66. The van der Waals surface area contributed by atoms with Crippen LogP contribution in [0.2, 0.25) is 0 Å². The fourth-order valence-corrected chi connectivity index (χ4v) is 1.52. The molecule has 2 heteroatoms. The minimum absolute atomic E-state index is 0.460. The van der Waals surface area contributed by atoms with Gasteiger partial charge in [-0.1, -0.05) is 12.1 Å². The Hall–Kier alpha value is -1.02. The second-order valence-electron chi connectivity index (χ2n) is 3.76. The first-order valence-electron chi connectivity index (χ1n) is 5.15. The van der Waals surface area contributed by atoms with E-state index in [0.717, 1.165) is 42.5 Å². The number of benzene rings is 1. The molecule has 0 amide bonds. The third-order valence-electron chi connectivity index (χ3n) is 2.69. The molecule has 0 heterocycles. The van der Waals surface area contributed by atoms with E-state index in [-0.39, 0.29) is 0 Å². The van der Waals surface area contributed by atoms with Gasteiger partial charge in [-0.25, -0.2) is 0 Å². The van der Waals surface area contributed by atoms with Crippen molar-refractivity contribution in [1.29, 1.82) is 0 Å². The SMILES string of the molecule is Cc1ccc(CCCCN)c(O)c1C. The zero-order chi connectivity index (χ0) is 10.6. The molecule has 0 unspecified atom stereocenters. The summed E-state index contributed by atoms with van der Waals surface area (Å²) in [5.41, 5.74) is 8.60. The Balaban J connectivity index is 2.73. The molecule has 0 spiro atoms. The van der Waals surface area contributed by atoms with Crippen LogP contribution in [0.3, 0.4) is 0 Å².